The van der Waals surface area contributed by atoms with Crippen LogP contribution in [0.15, 0.2) is 35.2 Å². The minimum Gasteiger partial charge on any atom is -0.369 e. The molecule has 1 aliphatic rings. The number of likely N-dealkylation sites (N-methyl/N-ethyl adjacent to an activating group) is 1. The largest absolute Gasteiger partial charge is 0.418 e. The van der Waals surface area contributed by atoms with Crippen molar-refractivity contribution in [2.45, 2.75) is 24.9 Å². The monoisotopic (exact) mass is 498 g/mol. The number of amides is 1. The molecule has 3 rings (SSSR count). The Balaban J connectivity index is 1.96. The minimum atomic E-state index is -4.69. The molecule has 1 N–H and O–H groups in total. The van der Waals surface area contributed by atoms with Crippen molar-refractivity contribution in [2.75, 3.05) is 57.5 Å². The minimum absolute atomic E-state index is 0.0419. The predicted molar refractivity (Wildman–Crippen MR) is 126 cm³/mol. The third-order valence-corrected chi connectivity index (χ3v) is 8.01. The van der Waals surface area contributed by atoms with Crippen LogP contribution in [-0.4, -0.2) is 70.9 Å². The molecule has 11 heteroatoms. The number of alkyl halides is 3. The molecule has 1 fully saturated rings. The fourth-order valence-corrected chi connectivity index (χ4v) is 4.97. The second-order valence-electron chi connectivity index (χ2n) is 8.68. The maximum Gasteiger partial charge on any atom is 0.418 e. The van der Waals surface area contributed by atoms with E-state index in [1.54, 1.807) is 19.9 Å². The lowest BCUT2D eigenvalue weighted by Crippen LogP contribution is -2.44. The van der Waals surface area contributed by atoms with Crippen LogP contribution in [0, 0.1) is 13.8 Å². The topological polar surface area (TPSA) is 73.0 Å². The van der Waals surface area contributed by atoms with E-state index in [0.29, 0.717) is 29.9 Å². The molecule has 0 saturated carbocycles. The van der Waals surface area contributed by atoms with Crippen molar-refractivity contribution in [3.8, 4) is 0 Å². The lowest BCUT2D eigenvalue weighted by molar-refractivity contribution is -0.136. The van der Waals surface area contributed by atoms with Gasteiger partial charge in [-0.1, -0.05) is 0 Å². The third-order valence-electron chi connectivity index (χ3n) is 6.07. The Morgan fingerprint density at radius 3 is 2.21 bits per heavy atom. The van der Waals surface area contributed by atoms with Gasteiger partial charge in [-0.2, -0.15) is 13.2 Å². The summed E-state index contributed by atoms with van der Waals surface area (Å²) < 4.78 is 68.0. The van der Waals surface area contributed by atoms with E-state index in [1.165, 1.54) is 32.3 Å². The third kappa shape index (κ3) is 5.37. The zero-order valence-corrected chi connectivity index (χ0v) is 20.6. The van der Waals surface area contributed by atoms with Crippen molar-refractivity contribution in [3.63, 3.8) is 0 Å². The average Bonchev–Trinajstić information content (AvgIpc) is 2.75. The Bertz CT molecular complexity index is 1190. The summed E-state index contributed by atoms with van der Waals surface area (Å²) >= 11 is 0. The van der Waals surface area contributed by atoms with Crippen LogP contribution in [0.5, 0.6) is 0 Å². The zero-order chi connectivity index (χ0) is 25.4. The number of hydrogen-bond donors (Lipinski definition) is 1. The molecule has 0 radical (unpaired) electrons. The molecule has 1 saturated heterocycles. The van der Waals surface area contributed by atoms with Crippen LogP contribution in [-0.2, 0) is 16.2 Å². The van der Waals surface area contributed by atoms with Crippen molar-refractivity contribution in [1.82, 2.24) is 9.21 Å². The normalized spacial score (nSPS) is 15.6. The number of rotatable bonds is 5. The predicted octanol–water partition coefficient (Wildman–Crippen LogP) is 3.58. The molecule has 7 nitrogen and oxygen atoms in total. The highest BCUT2D eigenvalue weighted by molar-refractivity contribution is 7.89. The summed E-state index contributed by atoms with van der Waals surface area (Å²) in [6, 6.07) is 6.50. The molecule has 1 heterocycles. The van der Waals surface area contributed by atoms with Gasteiger partial charge in [-0.05, 0) is 62.4 Å². The highest BCUT2D eigenvalue weighted by Gasteiger charge is 2.35. The number of nitrogens with zero attached hydrogens (tertiary/aromatic N) is 3. The molecule has 1 aliphatic heterocycles. The standard InChI is InChI=1S/C23H29F3N4O3S/c1-15-12-17(13-21(16(15)2)34(32,33)28(3)4)22(31)27-20-7-6-18(14-19(20)23(24,25)26)30-10-8-29(5)9-11-30/h6-7,12-14H,8-11H2,1-5H3,(H,27,31). The Morgan fingerprint density at radius 1 is 1.03 bits per heavy atom. The molecule has 1 amide bonds. The first-order valence-electron chi connectivity index (χ1n) is 10.7. The molecule has 0 aliphatic carbocycles. The number of halogens is 3. The molecular formula is C23H29F3N4O3S. The van der Waals surface area contributed by atoms with E-state index in [-0.39, 0.29) is 16.1 Å². The summed E-state index contributed by atoms with van der Waals surface area (Å²) in [5, 5.41) is 2.33. The molecule has 0 bridgehead atoms. The van der Waals surface area contributed by atoms with Crippen molar-refractivity contribution in [1.29, 1.82) is 0 Å². The average molecular weight is 499 g/mol. The molecular weight excluding hydrogens is 469 g/mol. The highest BCUT2D eigenvalue weighted by atomic mass is 32.2. The lowest BCUT2D eigenvalue weighted by atomic mass is 10.0. The van der Waals surface area contributed by atoms with E-state index < -0.39 is 27.7 Å². The van der Waals surface area contributed by atoms with Gasteiger partial charge in [0.2, 0.25) is 10.0 Å². The summed E-state index contributed by atoms with van der Waals surface area (Å²) in [6.45, 7) is 5.95. The molecule has 0 unspecified atom stereocenters. The van der Waals surface area contributed by atoms with Gasteiger partial charge < -0.3 is 15.1 Å². The number of anilines is 2. The summed E-state index contributed by atoms with van der Waals surface area (Å²) in [5.41, 5.74) is 0.0592. The van der Waals surface area contributed by atoms with Crippen molar-refractivity contribution >= 4 is 27.3 Å². The van der Waals surface area contributed by atoms with E-state index in [4.69, 9.17) is 0 Å². The Labute approximate surface area is 198 Å². The van der Waals surface area contributed by atoms with E-state index in [1.807, 2.05) is 11.9 Å². The van der Waals surface area contributed by atoms with Gasteiger partial charge >= 0.3 is 6.18 Å². The number of hydrogen-bond acceptors (Lipinski definition) is 5. The second-order valence-corrected chi connectivity index (χ2v) is 10.8. The van der Waals surface area contributed by atoms with Crippen LogP contribution >= 0.6 is 0 Å². The SMILES string of the molecule is Cc1cc(C(=O)Nc2ccc(N3CCN(C)CC3)cc2C(F)(F)F)cc(S(=O)(=O)N(C)C)c1C. The van der Waals surface area contributed by atoms with Gasteiger partial charge in [-0.25, -0.2) is 12.7 Å². The van der Waals surface area contributed by atoms with Gasteiger partial charge in [-0.15, -0.1) is 0 Å². The fraction of sp³-hybridized carbons (Fsp3) is 0.435. The van der Waals surface area contributed by atoms with Gasteiger partial charge in [0, 0.05) is 51.5 Å². The summed E-state index contributed by atoms with van der Waals surface area (Å²) in [4.78, 5) is 16.8. The van der Waals surface area contributed by atoms with Gasteiger partial charge in [0.15, 0.2) is 0 Å². The maximum atomic E-state index is 13.9. The molecule has 0 spiro atoms. The fourth-order valence-electron chi connectivity index (χ4n) is 3.75. The highest BCUT2D eigenvalue weighted by Crippen LogP contribution is 2.38. The van der Waals surface area contributed by atoms with Gasteiger partial charge in [-0.3, -0.25) is 4.79 Å². The number of piperazine rings is 1. The first kappa shape index (κ1) is 26.0. The first-order chi connectivity index (χ1) is 15.7. The van der Waals surface area contributed by atoms with Crippen LogP contribution in [0.1, 0.15) is 27.0 Å². The maximum absolute atomic E-state index is 13.9. The van der Waals surface area contributed by atoms with E-state index in [2.05, 4.69) is 10.2 Å². The molecule has 2 aromatic carbocycles. The number of sulfonamides is 1. The van der Waals surface area contributed by atoms with Crippen molar-refractivity contribution in [3.05, 3.63) is 52.6 Å². The quantitative estimate of drug-likeness (QED) is 0.683. The molecule has 186 valence electrons. The molecule has 0 atom stereocenters. The second kappa shape index (κ2) is 9.55. The summed E-state index contributed by atoms with van der Waals surface area (Å²) in [5.74, 6) is -0.823. The zero-order valence-electron chi connectivity index (χ0n) is 19.8. The van der Waals surface area contributed by atoms with E-state index in [0.717, 1.165) is 23.5 Å². The number of carbonyl (C=O) groups is 1. The van der Waals surface area contributed by atoms with Crippen LogP contribution in [0.4, 0.5) is 24.5 Å². The Hall–Kier alpha value is -2.63. The van der Waals surface area contributed by atoms with Crippen molar-refractivity contribution in [2.24, 2.45) is 0 Å². The number of aryl methyl sites for hydroxylation is 1. The van der Waals surface area contributed by atoms with Gasteiger partial charge in [0.05, 0.1) is 16.1 Å². The molecule has 34 heavy (non-hydrogen) atoms. The molecule has 2 aromatic rings. The number of benzene rings is 2. The smallest absolute Gasteiger partial charge is 0.369 e. The Kier molecular flexibility index (Phi) is 7.30. The van der Waals surface area contributed by atoms with Crippen molar-refractivity contribution < 1.29 is 26.4 Å². The van der Waals surface area contributed by atoms with Gasteiger partial charge in [0.1, 0.15) is 0 Å². The lowest BCUT2D eigenvalue weighted by Gasteiger charge is -2.34. The summed E-state index contributed by atoms with van der Waals surface area (Å²) in [7, 11) is 0.848. The van der Waals surface area contributed by atoms with Gasteiger partial charge in [0.25, 0.3) is 5.91 Å². The first-order valence-corrected chi connectivity index (χ1v) is 12.2. The van der Waals surface area contributed by atoms with E-state index in [9.17, 15) is 26.4 Å². The summed E-state index contributed by atoms with van der Waals surface area (Å²) in [6.07, 6.45) is -4.69. The Morgan fingerprint density at radius 2 is 1.65 bits per heavy atom. The van der Waals surface area contributed by atoms with Crippen LogP contribution in [0.25, 0.3) is 0 Å². The van der Waals surface area contributed by atoms with Crippen LogP contribution in [0.2, 0.25) is 0 Å². The van der Waals surface area contributed by atoms with Crippen LogP contribution < -0.4 is 10.2 Å². The van der Waals surface area contributed by atoms with E-state index >= 15 is 0 Å². The number of nitrogens with one attached hydrogen (secondary N) is 1. The molecule has 0 aromatic heterocycles. The van der Waals surface area contributed by atoms with Crippen LogP contribution in [0.3, 0.4) is 0 Å². The number of carbonyl (C=O) groups excluding carboxylic acids is 1.